The summed E-state index contributed by atoms with van der Waals surface area (Å²) in [4.78, 5) is 37.0. The molecule has 25 heavy (non-hydrogen) atoms. The van der Waals surface area contributed by atoms with Crippen molar-refractivity contribution >= 4 is 14.1 Å². The monoisotopic (exact) mass is 372 g/mol. The van der Waals surface area contributed by atoms with Gasteiger partial charge in [-0.25, -0.2) is 4.79 Å². The van der Waals surface area contributed by atoms with Crippen LogP contribution in [-0.4, -0.2) is 35.9 Å². The summed E-state index contributed by atoms with van der Waals surface area (Å²) in [5, 5.41) is -0.0621. The van der Waals surface area contributed by atoms with Gasteiger partial charge in [-0.3, -0.25) is 19.1 Å². The maximum atomic E-state index is 13.5. The van der Waals surface area contributed by atoms with E-state index >= 15 is 0 Å². The average Bonchev–Trinajstić information content (AvgIpc) is 2.84. The van der Waals surface area contributed by atoms with Crippen LogP contribution in [0.4, 0.5) is 4.39 Å². The van der Waals surface area contributed by atoms with Crippen LogP contribution in [0, 0.1) is 5.82 Å². The van der Waals surface area contributed by atoms with Crippen molar-refractivity contribution in [2.24, 2.45) is 0 Å². The minimum absolute atomic E-state index is 0.0621. The van der Waals surface area contributed by atoms with E-state index in [0.717, 1.165) is 10.8 Å². The summed E-state index contributed by atoms with van der Waals surface area (Å²) in [7, 11) is -2.17. The first kappa shape index (κ1) is 19.7. The third-order valence-electron chi connectivity index (χ3n) is 4.96. The Bertz CT molecular complexity index is 780. The fraction of sp³-hybridized carbons (Fsp3) is 0.688. The Labute approximate surface area is 146 Å². The van der Waals surface area contributed by atoms with E-state index < -0.39 is 43.8 Å². The molecule has 2 heterocycles. The van der Waals surface area contributed by atoms with Crippen molar-refractivity contribution in [2.75, 3.05) is 0 Å². The molecule has 1 saturated heterocycles. The lowest BCUT2D eigenvalue weighted by Crippen LogP contribution is -2.47. The number of carbonyl (C=O) groups is 1. The van der Waals surface area contributed by atoms with Crippen LogP contribution >= 0.6 is 0 Å². The number of nitrogens with one attached hydrogen (secondary N) is 1. The number of aromatic nitrogens is 2. The summed E-state index contributed by atoms with van der Waals surface area (Å²) in [5.74, 6) is -1.31. The number of carbonyl (C=O) groups excluding carboxylic acids is 1. The number of aromatic amines is 1. The molecule has 0 bridgehead atoms. The number of hydrogen-bond donors (Lipinski definition) is 1. The summed E-state index contributed by atoms with van der Waals surface area (Å²) < 4.78 is 26.5. The van der Waals surface area contributed by atoms with Crippen LogP contribution < -0.4 is 11.2 Å². The molecule has 1 fully saturated rings. The molecule has 1 aromatic heterocycles. The van der Waals surface area contributed by atoms with Gasteiger partial charge in [0.1, 0.15) is 12.3 Å². The number of rotatable bonds is 4. The van der Waals surface area contributed by atoms with E-state index in [1.165, 1.54) is 6.92 Å². The fourth-order valence-corrected chi connectivity index (χ4v) is 3.84. The second-order valence-corrected chi connectivity index (χ2v) is 12.7. The highest BCUT2D eigenvalue weighted by atomic mass is 28.4. The Morgan fingerprint density at radius 2 is 2.00 bits per heavy atom. The van der Waals surface area contributed by atoms with E-state index in [0.29, 0.717) is 0 Å². The van der Waals surface area contributed by atoms with Crippen LogP contribution in [0.5, 0.6) is 0 Å². The summed E-state index contributed by atoms with van der Waals surface area (Å²) in [5.41, 5.74) is -1.87. The Morgan fingerprint density at radius 1 is 1.40 bits per heavy atom. The predicted octanol–water partition coefficient (Wildman–Crippen LogP) is 1.94. The largest absolute Gasteiger partial charge is 0.411 e. The summed E-state index contributed by atoms with van der Waals surface area (Å²) in [6.45, 7) is 11.8. The van der Waals surface area contributed by atoms with Gasteiger partial charge in [0.25, 0.3) is 5.56 Å². The SMILES string of the molecule is CC(=O)[C@H]1O[C@@H](n2cc(F)c(=O)[nH]c2=O)C[C@@H]1O[Si](C)(C)C(C)(C)C. The van der Waals surface area contributed by atoms with Gasteiger partial charge >= 0.3 is 5.69 Å². The Balaban J connectivity index is 2.32. The van der Waals surface area contributed by atoms with Crippen molar-refractivity contribution in [3.05, 3.63) is 32.9 Å². The van der Waals surface area contributed by atoms with Crippen molar-refractivity contribution in [1.82, 2.24) is 9.55 Å². The van der Waals surface area contributed by atoms with Crippen molar-refractivity contribution < 1.29 is 18.3 Å². The summed E-state index contributed by atoms with van der Waals surface area (Å²) in [6.07, 6.45) is -1.20. The quantitative estimate of drug-likeness (QED) is 0.816. The van der Waals surface area contributed by atoms with Gasteiger partial charge in [0.15, 0.2) is 14.1 Å². The van der Waals surface area contributed by atoms with Gasteiger partial charge in [-0.2, -0.15) is 4.39 Å². The zero-order valence-electron chi connectivity index (χ0n) is 15.4. The molecule has 0 saturated carbocycles. The first-order valence-electron chi connectivity index (χ1n) is 8.18. The highest BCUT2D eigenvalue weighted by Crippen LogP contribution is 2.41. The van der Waals surface area contributed by atoms with Crippen LogP contribution in [-0.2, 0) is 14.0 Å². The molecule has 1 N–H and O–H groups in total. The maximum absolute atomic E-state index is 13.5. The van der Waals surface area contributed by atoms with Crippen LogP contribution in [0.25, 0.3) is 0 Å². The Hall–Kier alpha value is -1.58. The molecule has 1 aromatic rings. The first-order chi connectivity index (χ1) is 11.3. The number of hydrogen-bond acceptors (Lipinski definition) is 5. The zero-order chi connectivity index (χ0) is 19.2. The average molecular weight is 372 g/mol. The van der Waals surface area contributed by atoms with Gasteiger partial charge in [0.2, 0.25) is 5.82 Å². The van der Waals surface area contributed by atoms with Crippen LogP contribution in [0.1, 0.15) is 40.3 Å². The van der Waals surface area contributed by atoms with Crippen molar-refractivity contribution in [3.63, 3.8) is 0 Å². The van der Waals surface area contributed by atoms with Crippen LogP contribution in [0.3, 0.4) is 0 Å². The van der Waals surface area contributed by atoms with E-state index in [2.05, 4.69) is 33.9 Å². The molecule has 0 unspecified atom stereocenters. The Morgan fingerprint density at radius 3 is 2.52 bits per heavy atom. The van der Waals surface area contributed by atoms with Gasteiger partial charge in [0, 0.05) is 6.42 Å². The van der Waals surface area contributed by atoms with E-state index in [9.17, 15) is 18.8 Å². The molecule has 3 atom stereocenters. The molecule has 0 amide bonds. The number of H-pyrrole nitrogens is 1. The van der Waals surface area contributed by atoms with Gasteiger partial charge in [-0.05, 0) is 25.1 Å². The Kier molecular flexibility index (Phi) is 5.22. The van der Waals surface area contributed by atoms with Crippen LogP contribution in [0.2, 0.25) is 18.1 Å². The standard InChI is InChI=1S/C16H25FN2O5Si/c1-9(20)13-11(24-25(5,6)16(2,3)4)7-12(23-13)19-8-10(17)14(21)18-15(19)22/h8,11-13H,7H2,1-6H3,(H,18,21,22)/t11-,12+,13+/m0/s1. The van der Waals surface area contributed by atoms with E-state index in [4.69, 9.17) is 9.16 Å². The van der Waals surface area contributed by atoms with E-state index in [1.54, 1.807) is 0 Å². The maximum Gasteiger partial charge on any atom is 0.330 e. The molecule has 0 aromatic carbocycles. The predicted molar refractivity (Wildman–Crippen MR) is 92.6 cm³/mol. The van der Waals surface area contributed by atoms with E-state index in [-0.39, 0.29) is 17.2 Å². The first-order valence-corrected chi connectivity index (χ1v) is 11.1. The second-order valence-electron chi connectivity index (χ2n) is 7.92. The molecule has 140 valence electrons. The van der Waals surface area contributed by atoms with Gasteiger partial charge < -0.3 is 9.16 Å². The smallest absolute Gasteiger partial charge is 0.330 e. The van der Waals surface area contributed by atoms with Crippen LogP contribution in [0.15, 0.2) is 15.8 Å². The summed E-state index contributed by atoms with van der Waals surface area (Å²) in [6, 6.07) is 0. The molecule has 2 rings (SSSR count). The molecular weight excluding hydrogens is 347 g/mol. The molecule has 0 radical (unpaired) electrons. The second kappa shape index (κ2) is 6.62. The highest BCUT2D eigenvalue weighted by Gasteiger charge is 2.46. The van der Waals surface area contributed by atoms with Crippen molar-refractivity contribution in [1.29, 1.82) is 0 Å². The number of halogens is 1. The van der Waals surface area contributed by atoms with Gasteiger partial charge in [-0.15, -0.1) is 0 Å². The fourth-order valence-electron chi connectivity index (χ4n) is 2.51. The van der Waals surface area contributed by atoms with Crippen molar-refractivity contribution in [2.45, 2.75) is 70.7 Å². The number of Topliss-reactive ketones (excluding diaryl/α,β-unsaturated/α-hetero) is 1. The topological polar surface area (TPSA) is 90.4 Å². The molecule has 7 nitrogen and oxygen atoms in total. The third-order valence-corrected chi connectivity index (χ3v) is 9.47. The molecule has 1 aliphatic rings. The van der Waals surface area contributed by atoms with Crippen molar-refractivity contribution in [3.8, 4) is 0 Å². The molecule has 9 heteroatoms. The lowest BCUT2D eigenvalue weighted by atomic mass is 10.1. The molecule has 1 aliphatic heterocycles. The lowest BCUT2D eigenvalue weighted by molar-refractivity contribution is -0.132. The zero-order valence-corrected chi connectivity index (χ0v) is 16.4. The molecule has 0 aliphatic carbocycles. The normalized spacial score (nSPS) is 24.5. The molecular formula is C16H25FN2O5Si. The van der Waals surface area contributed by atoms with E-state index in [1.807, 2.05) is 4.98 Å². The lowest BCUT2D eigenvalue weighted by Gasteiger charge is -2.39. The summed E-state index contributed by atoms with van der Waals surface area (Å²) >= 11 is 0. The highest BCUT2D eigenvalue weighted by molar-refractivity contribution is 6.74. The number of nitrogens with zero attached hydrogens (tertiary/aromatic N) is 1. The minimum Gasteiger partial charge on any atom is -0.411 e. The molecule has 0 spiro atoms. The minimum atomic E-state index is -2.17. The third kappa shape index (κ3) is 3.99. The number of ketones is 1. The van der Waals surface area contributed by atoms with Gasteiger partial charge in [0.05, 0.1) is 12.3 Å². The van der Waals surface area contributed by atoms with Gasteiger partial charge in [-0.1, -0.05) is 20.8 Å². The number of ether oxygens (including phenoxy) is 1.